The third-order valence-electron chi connectivity index (χ3n) is 3.64. The second kappa shape index (κ2) is 6.34. The van der Waals surface area contributed by atoms with Gasteiger partial charge in [0.05, 0.1) is 16.1 Å². The lowest BCUT2D eigenvalue weighted by Gasteiger charge is -2.08. The van der Waals surface area contributed by atoms with Crippen LogP contribution in [0.2, 0.25) is 5.02 Å². The first-order chi connectivity index (χ1) is 11.8. The lowest BCUT2D eigenvalue weighted by Crippen LogP contribution is -2.35. The molecular formula is C17H13ClN2O4S. The molecule has 0 amide bonds. The van der Waals surface area contributed by atoms with E-state index >= 15 is 0 Å². The molecule has 3 rings (SSSR count). The fraction of sp³-hybridized carbons (Fsp3) is 0.0588. The number of aromatic amines is 1. The Bertz CT molecular complexity index is 1160. The van der Waals surface area contributed by atoms with Crippen LogP contribution in [0.15, 0.2) is 69.2 Å². The van der Waals surface area contributed by atoms with Gasteiger partial charge in [-0.25, -0.2) is 13.1 Å². The Kier molecular flexibility index (Phi) is 4.36. The van der Waals surface area contributed by atoms with Crippen molar-refractivity contribution in [3.8, 4) is 16.8 Å². The van der Waals surface area contributed by atoms with Crippen LogP contribution in [-0.4, -0.2) is 24.5 Å². The average Bonchev–Trinajstić information content (AvgIpc) is 2.56. The van der Waals surface area contributed by atoms with Crippen molar-refractivity contribution in [3.63, 3.8) is 0 Å². The Morgan fingerprint density at radius 3 is 2.32 bits per heavy atom. The molecule has 6 nitrogen and oxygen atoms in total. The Labute approximate surface area is 148 Å². The fourth-order valence-electron chi connectivity index (χ4n) is 2.37. The molecule has 0 atom stereocenters. The molecule has 0 saturated heterocycles. The van der Waals surface area contributed by atoms with Gasteiger partial charge in [-0.15, -0.1) is 0 Å². The summed E-state index contributed by atoms with van der Waals surface area (Å²) in [4.78, 5) is 24.9. The minimum atomic E-state index is -3.33. The molecule has 1 heterocycles. The maximum Gasteiger partial charge on any atom is 0.318 e. The van der Waals surface area contributed by atoms with Crippen molar-refractivity contribution >= 4 is 21.4 Å². The van der Waals surface area contributed by atoms with E-state index < -0.39 is 20.8 Å². The highest BCUT2D eigenvalue weighted by Gasteiger charge is 2.12. The smallest absolute Gasteiger partial charge is 0.298 e. The topological polar surface area (TPSA) is 89.0 Å². The van der Waals surface area contributed by atoms with E-state index in [1.807, 2.05) is 0 Å². The van der Waals surface area contributed by atoms with Crippen LogP contribution in [0.4, 0.5) is 0 Å². The highest BCUT2D eigenvalue weighted by molar-refractivity contribution is 7.90. The average molecular weight is 377 g/mol. The van der Waals surface area contributed by atoms with Gasteiger partial charge in [-0.2, -0.15) is 0 Å². The van der Waals surface area contributed by atoms with Crippen molar-refractivity contribution < 1.29 is 8.42 Å². The number of aromatic nitrogens is 2. The molecule has 0 fully saturated rings. The lowest BCUT2D eigenvalue weighted by molar-refractivity contribution is 0.602. The van der Waals surface area contributed by atoms with Gasteiger partial charge in [-0.05, 0) is 35.9 Å². The fourth-order valence-corrected chi connectivity index (χ4v) is 3.19. The molecule has 0 radical (unpaired) electrons. The highest BCUT2D eigenvalue weighted by atomic mass is 35.5. The number of hydrogen-bond donors (Lipinski definition) is 1. The first kappa shape index (κ1) is 17.2. The molecule has 0 aliphatic carbocycles. The number of sulfone groups is 1. The molecule has 1 aromatic heterocycles. The maximum atomic E-state index is 12.4. The SMILES string of the molecule is CS(=O)(=O)c1ccc(-c2c[nH]n(-c3cccc(Cl)c3)c(=O)c2=O)cc1. The van der Waals surface area contributed by atoms with Gasteiger partial charge >= 0.3 is 5.56 Å². The quantitative estimate of drug-likeness (QED) is 0.710. The number of rotatable bonds is 3. The van der Waals surface area contributed by atoms with E-state index in [0.29, 0.717) is 16.3 Å². The van der Waals surface area contributed by atoms with Gasteiger partial charge in [-0.3, -0.25) is 14.7 Å². The van der Waals surface area contributed by atoms with E-state index in [-0.39, 0.29) is 10.5 Å². The summed E-state index contributed by atoms with van der Waals surface area (Å²) in [5, 5.41) is 3.20. The van der Waals surface area contributed by atoms with Crippen LogP contribution in [0.25, 0.3) is 16.8 Å². The van der Waals surface area contributed by atoms with Crippen LogP contribution in [0.5, 0.6) is 0 Å². The van der Waals surface area contributed by atoms with Crippen molar-refractivity contribution in [2.24, 2.45) is 0 Å². The zero-order valence-electron chi connectivity index (χ0n) is 13.1. The second-order valence-electron chi connectivity index (χ2n) is 5.43. The number of halogens is 1. The van der Waals surface area contributed by atoms with E-state index in [9.17, 15) is 18.0 Å². The van der Waals surface area contributed by atoms with Gasteiger partial charge in [-0.1, -0.05) is 29.8 Å². The van der Waals surface area contributed by atoms with Gasteiger partial charge in [0.1, 0.15) is 0 Å². The Hall–Kier alpha value is -2.64. The van der Waals surface area contributed by atoms with Crippen molar-refractivity contribution in [2.75, 3.05) is 6.26 Å². The summed E-state index contributed by atoms with van der Waals surface area (Å²) in [6, 6.07) is 12.3. The molecule has 0 aliphatic rings. The van der Waals surface area contributed by atoms with E-state index in [0.717, 1.165) is 10.9 Å². The molecule has 8 heteroatoms. The largest absolute Gasteiger partial charge is 0.318 e. The van der Waals surface area contributed by atoms with Crippen molar-refractivity contribution in [1.82, 2.24) is 9.78 Å². The first-order valence-corrected chi connectivity index (χ1v) is 9.45. The standard InChI is InChI=1S/C17H13ClN2O4S/c1-25(23,24)14-7-5-11(6-8-14)15-10-19-20(17(22)16(15)21)13-4-2-3-12(18)9-13/h2-10,19H,1H3. The number of benzene rings is 2. The summed E-state index contributed by atoms with van der Waals surface area (Å²) in [6.07, 6.45) is 2.50. The van der Waals surface area contributed by atoms with Gasteiger partial charge in [0.2, 0.25) is 0 Å². The van der Waals surface area contributed by atoms with Gasteiger partial charge in [0.25, 0.3) is 5.43 Å². The Morgan fingerprint density at radius 2 is 1.72 bits per heavy atom. The molecule has 0 saturated carbocycles. The number of nitrogens with one attached hydrogen (secondary N) is 1. The molecule has 25 heavy (non-hydrogen) atoms. The molecule has 1 N–H and O–H groups in total. The van der Waals surface area contributed by atoms with Crippen LogP contribution in [0.1, 0.15) is 0 Å². The van der Waals surface area contributed by atoms with Crippen LogP contribution < -0.4 is 11.0 Å². The number of hydrogen-bond acceptors (Lipinski definition) is 4. The third-order valence-corrected chi connectivity index (χ3v) is 5.00. The van der Waals surface area contributed by atoms with E-state index in [2.05, 4.69) is 5.10 Å². The van der Waals surface area contributed by atoms with E-state index in [1.54, 1.807) is 24.3 Å². The molecule has 0 aliphatic heterocycles. The van der Waals surface area contributed by atoms with Crippen molar-refractivity contribution in [3.05, 3.63) is 80.3 Å². The summed E-state index contributed by atoms with van der Waals surface area (Å²) >= 11 is 5.91. The third kappa shape index (κ3) is 3.42. The molecule has 128 valence electrons. The zero-order valence-corrected chi connectivity index (χ0v) is 14.6. The summed E-state index contributed by atoms with van der Waals surface area (Å²) in [5.74, 6) is 0. The summed E-state index contributed by atoms with van der Waals surface area (Å²) in [6.45, 7) is 0. The molecule has 0 unspecified atom stereocenters. The Balaban J connectivity index is 2.10. The minimum Gasteiger partial charge on any atom is -0.298 e. The zero-order chi connectivity index (χ0) is 18.2. The van der Waals surface area contributed by atoms with Crippen molar-refractivity contribution in [1.29, 1.82) is 0 Å². The molecule has 0 bridgehead atoms. The van der Waals surface area contributed by atoms with Crippen LogP contribution >= 0.6 is 11.6 Å². The molecular weight excluding hydrogens is 364 g/mol. The maximum absolute atomic E-state index is 12.4. The lowest BCUT2D eigenvalue weighted by atomic mass is 10.1. The predicted octanol–water partition coefficient (Wildman–Crippen LogP) is 2.25. The van der Waals surface area contributed by atoms with Crippen molar-refractivity contribution in [2.45, 2.75) is 4.90 Å². The minimum absolute atomic E-state index is 0.139. The summed E-state index contributed by atoms with van der Waals surface area (Å²) in [5.41, 5.74) is -0.418. The number of nitrogens with zero attached hydrogens (tertiary/aromatic N) is 1. The summed E-state index contributed by atoms with van der Waals surface area (Å²) in [7, 11) is -3.33. The van der Waals surface area contributed by atoms with E-state index in [1.165, 1.54) is 30.5 Å². The Morgan fingerprint density at radius 1 is 1.04 bits per heavy atom. The van der Waals surface area contributed by atoms with Gasteiger partial charge < -0.3 is 0 Å². The van der Waals surface area contributed by atoms with Crippen LogP contribution in [-0.2, 0) is 9.84 Å². The van der Waals surface area contributed by atoms with Crippen LogP contribution in [0.3, 0.4) is 0 Å². The highest BCUT2D eigenvalue weighted by Crippen LogP contribution is 2.18. The van der Waals surface area contributed by atoms with Gasteiger partial charge in [0.15, 0.2) is 9.84 Å². The first-order valence-electron chi connectivity index (χ1n) is 7.18. The summed E-state index contributed by atoms with van der Waals surface area (Å²) < 4.78 is 24.1. The van der Waals surface area contributed by atoms with E-state index in [4.69, 9.17) is 11.6 Å². The molecule has 2 aromatic carbocycles. The predicted molar refractivity (Wildman–Crippen MR) is 96.2 cm³/mol. The second-order valence-corrected chi connectivity index (χ2v) is 7.89. The van der Waals surface area contributed by atoms with Gasteiger partial charge in [0, 0.05) is 17.5 Å². The number of H-pyrrole nitrogens is 1. The monoisotopic (exact) mass is 376 g/mol. The molecule has 0 spiro atoms. The molecule has 3 aromatic rings. The van der Waals surface area contributed by atoms with Crippen LogP contribution in [0, 0.1) is 0 Å². The normalized spacial score (nSPS) is 11.4.